The van der Waals surface area contributed by atoms with E-state index in [1.807, 2.05) is 13.8 Å². The Morgan fingerprint density at radius 1 is 1.20 bits per heavy atom. The third kappa shape index (κ3) is 5.50. The average molecular weight is 300 g/mol. The molecule has 1 rings (SSSR count). The smallest absolute Gasteiger partial charge is 0.0593 e. The number of hydrogen-bond donors (Lipinski definition) is 1. The van der Waals surface area contributed by atoms with Crippen LogP contribution in [-0.4, -0.2) is 51.0 Å². The van der Waals surface area contributed by atoms with Gasteiger partial charge in [-0.3, -0.25) is 4.90 Å². The van der Waals surface area contributed by atoms with Crippen LogP contribution in [-0.2, 0) is 9.47 Å². The Kier molecular flexibility index (Phi) is 9.05. The molecule has 5 heteroatoms. The van der Waals surface area contributed by atoms with Gasteiger partial charge in [0.2, 0.25) is 0 Å². The average Bonchev–Trinajstić information content (AvgIpc) is 2.86. The standard InChI is InChI=1S/C15H28N2O2S/c1-4-18-9-7-17(8-10-19-5-2)14(12-16)15-13(3)6-11-20-15/h6,11,14H,4-5,7-10,12,16H2,1-3H3. The molecule has 1 aromatic rings. The van der Waals surface area contributed by atoms with Crippen molar-refractivity contribution in [2.75, 3.05) is 46.1 Å². The zero-order valence-corrected chi connectivity index (χ0v) is 13.7. The normalized spacial score (nSPS) is 13.1. The Balaban J connectivity index is 2.68. The quantitative estimate of drug-likeness (QED) is 0.638. The second kappa shape index (κ2) is 10.3. The van der Waals surface area contributed by atoms with E-state index in [1.54, 1.807) is 11.3 Å². The van der Waals surface area contributed by atoms with Gasteiger partial charge in [0.25, 0.3) is 0 Å². The van der Waals surface area contributed by atoms with Gasteiger partial charge in [-0.25, -0.2) is 0 Å². The Labute approximate surface area is 126 Å². The van der Waals surface area contributed by atoms with Crippen LogP contribution in [0.5, 0.6) is 0 Å². The summed E-state index contributed by atoms with van der Waals surface area (Å²) in [5.41, 5.74) is 7.35. The minimum atomic E-state index is 0.260. The minimum absolute atomic E-state index is 0.260. The summed E-state index contributed by atoms with van der Waals surface area (Å²) in [6, 6.07) is 2.42. The van der Waals surface area contributed by atoms with Crippen LogP contribution in [0.3, 0.4) is 0 Å². The van der Waals surface area contributed by atoms with Gasteiger partial charge in [0.15, 0.2) is 0 Å². The van der Waals surface area contributed by atoms with Crippen LogP contribution in [0, 0.1) is 6.92 Å². The van der Waals surface area contributed by atoms with E-state index in [2.05, 4.69) is 23.3 Å². The molecule has 0 bridgehead atoms. The zero-order valence-electron chi connectivity index (χ0n) is 12.9. The molecule has 0 aromatic carbocycles. The lowest BCUT2D eigenvalue weighted by atomic mass is 10.1. The summed E-state index contributed by atoms with van der Waals surface area (Å²) < 4.78 is 11.0. The molecule has 0 aliphatic carbocycles. The van der Waals surface area contributed by atoms with Crippen molar-refractivity contribution in [3.8, 4) is 0 Å². The maximum absolute atomic E-state index is 6.03. The largest absolute Gasteiger partial charge is 0.380 e. The van der Waals surface area contributed by atoms with Gasteiger partial charge >= 0.3 is 0 Å². The number of nitrogens with two attached hydrogens (primary N) is 1. The summed E-state index contributed by atoms with van der Waals surface area (Å²) >= 11 is 1.79. The molecule has 0 saturated heterocycles. The van der Waals surface area contributed by atoms with E-state index < -0.39 is 0 Å². The van der Waals surface area contributed by atoms with E-state index >= 15 is 0 Å². The van der Waals surface area contributed by atoms with Crippen molar-refractivity contribution in [2.24, 2.45) is 5.73 Å². The molecule has 1 aromatic heterocycles. The van der Waals surface area contributed by atoms with Crippen molar-refractivity contribution in [3.05, 3.63) is 21.9 Å². The first kappa shape index (κ1) is 17.6. The van der Waals surface area contributed by atoms with Gasteiger partial charge in [0.1, 0.15) is 0 Å². The van der Waals surface area contributed by atoms with E-state index in [0.717, 1.165) is 39.5 Å². The number of thiophene rings is 1. The number of nitrogens with zero attached hydrogens (tertiary/aromatic N) is 1. The van der Waals surface area contributed by atoms with Crippen molar-refractivity contribution in [1.82, 2.24) is 4.90 Å². The molecule has 0 amide bonds. The maximum atomic E-state index is 6.03. The van der Waals surface area contributed by atoms with E-state index in [-0.39, 0.29) is 6.04 Å². The van der Waals surface area contributed by atoms with Crippen LogP contribution in [0.25, 0.3) is 0 Å². The SMILES string of the molecule is CCOCCN(CCOCC)C(CN)c1sccc1C. The molecule has 0 fully saturated rings. The van der Waals surface area contributed by atoms with Crippen molar-refractivity contribution in [2.45, 2.75) is 26.8 Å². The summed E-state index contributed by atoms with van der Waals surface area (Å²) in [6.07, 6.45) is 0. The molecule has 1 unspecified atom stereocenters. The fourth-order valence-electron chi connectivity index (χ4n) is 2.22. The van der Waals surface area contributed by atoms with E-state index in [1.165, 1.54) is 10.4 Å². The molecular formula is C15H28N2O2S. The van der Waals surface area contributed by atoms with Gasteiger partial charge in [0, 0.05) is 37.7 Å². The molecule has 0 spiro atoms. The first-order valence-corrected chi connectivity index (χ1v) is 8.26. The van der Waals surface area contributed by atoms with Crippen LogP contribution in [0.15, 0.2) is 11.4 Å². The van der Waals surface area contributed by atoms with Crippen LogP contribution >= 0.6 is 11.3 Å². The predicted octanol–water partition coefficient (Wildman–Crippen LogP) is 2.43. The molecule has 1 heterocycles. The third-order valence-electron chi connectivity index (χ3n) is 3.32. The summed E-state index contributed by atoms with van der Waals surface area (Å²) in [4.78, 5) is 3.74. The summed E-state index contributed by atoms with van der Waals surface area (Å²) in [5.74, 6) is 0. The molecule has 4 nitrogen and oxygen atoms in total. The fraction of sp³-hybridized carbons (Fsp3) is 0.733. The molecule has 1 atom stereocenters. The molecular weight excluding hydrogens is 272 g/mol. The van der Waals surface area contributed by atoms with Gasteiger partial charge in [-0.05, 0) is 37.8 Å². The topological polar surface area (TPSA) is 47.7 Å². The van der Waals surface area contributed by atoms with Crippen LogP contribution in [0.1, 0.15) is 30.3 Å². The predicted molar refractivity (Wildman–Crippen MR) is 85.4 cm³/mol. The van der Waals surface area contributed by atoms with Crippen molar-refractivity contribution in [1.29, 1.82) is 0 Å². The lowest BCUT2D eigenvalue weighted by Crippen LogP contribution is -2.38. The Bertz CT molecular complexity index is 347. The van der Waals surface area contributed by atoms with Crippen molar-refractivity contribution < 1.29 is 9.47 Å². The van der Waals surface area contributed by atoms with Crippen molar-refractivity contribution in [3.63, 3.8) is 0 Å². The summed E-state index contributed by atoms with van der Waals surface area (Å²) in [5, 5.41) is 2.14. The van der Waals surface area contributed by atoms with Gasteiger partial charge in [-0.2, -0.15) is 0 Å². The molecule has 0 radical (unpaired) electrons. The second-order valence-electron chi connectivity index (χ2n) is 4.65. The highest BCUT2D eigenvalue weighted by Gasteiger charge is 2.21. The highest BCUT2D eigenvalue weighted by molar-refractivity contribution is 7.10. The Morgan fingerprint density at radius 2 is 1.80 bits per heavy atom. The first-order chi connectivity index (χ1) is 9.74. The molecule has 2 N–H and O–H groups in total. The first-order valence-electron chi connectivity index (χ1n) is 7.38. The van der Waals surface area contributed by atoms with Gasteiger partial charge in [-0.15, -0.1) is 11.3 Å². The van der Waals surface area contributed by atoms with E-state index in [0.29, 0.717) is 6.54 Å². The minimum Gasteiger partial charge on any atom is -0.380 e. The van der Waals surface area contributed by atoms with Crippen LogP contribution in [0.4, 0.5) is 0 Å². The summed E-state index contributed by atoms with van der Waals surface area (Å²) in [6.45, 7) is 11.6. The summed E-state index contributed by atoms with van der Waals surface area (Å²) in [7, 11) is 0. The Morgan fingerprint density at radius 3 is 2.20 bits per heavy atom. The number of hydrogen-bond acceptors (Lipinski definition) is 5. The second-order valence-corrected chi connectivity index (χ2v) is 5.60. The number of aryl methyl sites for hydroxylation is 1. The lowest BCUT2D eigenvalue weighted by Gasteiger charge is -2.30. The molecule has 0 aliphatic rings. The van der Waals surface area contributed by atoms with Gasteiger partial charge < -0.3 is 15.2 Å². The highest BCUT2D eigenvalue weighted by atomic mass is 32.1. The molecule has 20 heavy (non-hydrogen) atoms. The van der Waals surface area contributed by atoms with Crippen molar-refractivity contribution >= 4 is 11.3 Å². The molecule has 0 saturated carbocycles. The molecule has 116 valence electrons. The van der Waals surface area contributed by atoms with Crippen LogP contribution < -0.4 is 5.73 Å². The fourth-order valence-corrected chi connectivity index (χ4v) is 3.30. The van der Waals surface area contributed by atoms with Gasteiger partial charge in [0.05, 0.1) is 19.3 Å². The zero-order chi connectivity index (χ0) is 14.8. The highest BCUT2D eigenvalue weighted by Crippen LogP contribution is 2.27. The lowest BCUT2D eigenvalue weighted by molar-refractivity contribution is 0.0646. The van der Waals surface area contributed by atoms with E-state index in [9.17, 15) is 0 Å². The maximum Gasteiger partial charge on any atom is 0.0593 e. The monoisotopic (exact) mass is 300 g/mol. The van der Waals surface area contributed by atoms with Gasteiger partial charge in [-0.1, -0.05) is 0 Å². The Hall–Kier alpha value is -0.460. The molecule has 0 aliphatic heterocycles. The van der Waals surface area contributed by atoms with E-state index in [4.69, 9.17) is 15.2 Å². The third-order valence-corrected chi connectivity index (χ3v) is 4.44. The number of ether oxygens (including phenoxy) is 2. The number of rotatable bonds is 11. The van der Waals surface area contributed by atoms with Crippen LogP contribution in [0.2, 0.25) is 0 Å².